The Hall–Kier alpha value is -2.00. The van der Waals surface area contributed by atoms with Crippen LogP contribution in [0.4, 0.5) is 0 Å². The highest BCUT2D eigenvalue weighted by Crippen LogP contribution is 2.12. The van der Waals surface area contributed by atoms with Crippen molar-refractivity contribution in [3.05, 3.63) is 51.5 Å². The number of amides is 2. The molecule has 2 amide bonds. The Balaban J connectivity index is 0.00000280. The topological polar surface area (TPSA) is 106 Å². The average molecular weight is 425 g/mol. The van der Waals surface area contributed by atoms with Gasteiger partial charge in [0, 0.05) is 37.1 Å². The van der Waals surface area contributed by atoms with Crippen molar-refractivity contribution in [3.63, 3.8) is 0 Å². The van der Waals surface area contributed by atoms with Gasteiger partial charge >= 0.3 is 0 Å². The van der Waals surface area contributed by atoms with Crippen LogP contribution in [0.15, 0.2) is 29.6 Å². The average Bonchev–Trinajstić information content (AvgIpc) is 3.37. The minimum absolute atomic E-state index is 0. The van der Waals surface area contributed by atoms with Crippen molar-refractivity contribution in [3.8, 4) is 0 Å². The van der Waals surface area contributed by atoms with Crippen LogP contribution < -0.4 is 16.4 Å². The third kappa shape index (κ3) is 6.27. The molecule has 1 fully saturated rings. The molecule has 1 atom stereocenters. The lowest BCUT2D eigenvalue weighted by atomic mass is 10.1. The zero-order valence-electron chi connectivity index (χ0n) is 15.5. The van der Waals surface area contributed by atoms with E-state index in [1.165, 1.54) is 11.3 Å². The Bertz CT molecular complexity index is 793. The maximum Gasteiger partial charge on any atom is 0.271 e. The van der Waals surface area contributed by atoms with Crippen LogP contribution in [-0.4, -0.2) is 42.6 Å². The molecule has 1 saturated heterocycles. The summed E-state index contributed by atoms with van der Waals surface area (Å²) in [6.07, 6.45) is 2.80. The zero-order chi connectivity index (χ0) is 19.1. The second kappa shape index (κ2) is 11.1. The predicted molar refractivity (Wildman–Crippen MR) is 111 cm³/mol. The Labute approximate surface area is 174 Å². The van der Waals surface area contributed by atoms with E-state index in [2.05, 4.69) is 15.6 Å². The Morgan fingerprint density at radius 3 is 2.89 bits per heavy atom. The highest BCUT2D eigenvalue weighted by molar-refractivity contribution is 7.09. The number of carbonyl (C=O) groups is 2. The van der Waals surface area contributed by atoms with Gasteiger partial charge in [0.25, 0.3) is 11.8 Å². The molecule has 0 bridgehead atoms. The number of carbonyl (C=O) groups excluding carboxylic acids is 2. The fourth-order valence-corrected chi connectivity index (χ4v) is 3.66. The van der Waals surface area contributed by atoms with E-state index in [4.69, 9.17) is 10.5 Å². The second-order valence-electron chi connectivity index (χ2n) is 6.39. The van der Waals surface area contributed by atoms with Gasteiger partial charge in [-0.15, -0.1) is 23.7 Å². The van der Waals surface area contributed by atoms with E-state index >= 15 is 0 Å². The minimum atomic E-state index is -0.234. The standard InChI is InChI=1S/C19H24N4O3S.ClH/c20-7-6-17-23-16(12-27-17)19(25)21-10-13-3-1-4-14(9-13)18(24)22-11-15-5-2-8-26-15;/h1,3-4,9,12,15H,2,5-8,10-11,20H2,(H,21,25)(H,22,24);1H. The van der Waals surface area contributed by atoms with Gasteiger partial charge in [-0.3, -0.25) is 9.59 Å². The summed E-state index contributed by atoms with van der Waals surface area (Å²) in [6, 6.07) is 7.23. The number of nitrogens with zero attached hydrogens (tertiary/aromatic N) is 1. The van der Waals surface area contributed by atoms with Gasteiger partial charge in [-0.25, -0.2) is 4.98 Å². The van der Waals surface area contributed by atoms with Crippen LogP contribution in [0.5, 0.6) is 0 Å². The van der Waals surface area contributed by atoms with Gasteiger partial charge in [-0.2, -0.15) is 0 Å². The van der Waals surface area contributed by atoms with Gasteiger partial charge in [0.15, 0.2) is 0 Å². The van der Waals surface area contributed by atoms with Crippen molar-refractivity contribution in [1.29, 1.82) is 0 Å². The van der Waals surface area contributed by atoms with Crippen LogP contribution in [-0.2, 0) is 17.7 Å². The number of benzene rings is 1. The summed E-state index contributed by atoms with van der Waals surface area (Å²) in [5.41, 5.74) is 7.32. The van der Waals surface area contributed by atoms with Crippen molar-refractivity contribution in [2.24, 2.45) is 5.73 Å². The molecule has 3 rings (SSSR count). The number of hydrogen-bond acceptors (Lipinski definition) is 6. The molecule has 1 aliphatic heterocycles. The first-order valence-corrected chi connectivity index (χ1v) is 9.95. The molecule has 4 N–H and O–H groups in total. The molecular formula is C19H25ClN4O3S. The lowest BCUT2D eigenvalue weighted by molar-refractivity contribution is 0.0857. The van der Waals surface area contributed by atoms with Crippen molar-refractivity contribution >= 4 is 35.6 Å². The molecule has 2 aromatic rings. The fourth-order valence-electron chi connectivity index (χ4n) is 2.86. The van der Waals surface area contributed by atoms with E-state index in [1.54, 1.807) is 17.5 Å². The van der Waals surface area contributed by atoms with E-state index in [9.17, 15) is 9.59 Å². The summed E-state index contributed by atoms with van der Waals surface area (Å²) >= 11 is 1.43. The van der Waals surface area contributed by atoms with Crippen LogP contribution in [0, 0.1) is 0 Å². The van der Waals surface area contributed by atoms with Crippen LogP contribution in [0.2, 0.25) is 0 Å². The number of hydrogen-bond donors (Lipinski definition) is 3. The first-order valence-electron chi connectivity index (χ1n) is 9.07. The summed E-state index contributed by atoms with van der Waals surface area (Å²) in [4.78, 5) is 28.8. The largest absolute Gasteiger partial charge is 0.376 e. The number of aromatic nitrogens is 1. The van der Waals surface area contributed by atoms with Gasteiger partial charge in [0.05, 0.1) is 11.1 Å². The SMILES string of the molecule is Cl.NCCc1nc(C(=O)NCc2cccc(C(=O)NCC3CCCO3)c2)cs1. The maximum atomic E-state index is 12.3. The van der Waals surface area contributed by atoms with E-state index in [1.807, 2.05) is 12.1 Å². The molecule has 0 saturated carbocycles. The predicted octanol–water partition coefficient (Wildman–Crippen LogP) is 1.90. The summed E-state index contributed by atoms with van der Waals surface area (Å²) < 4.78 is 5.51. The van der Waals surface area contributed by atoms with Gasteiger partial charge in [0.1, 0.15) is 5.69 Å². The molecule has 0 radical (unpaired) electrons. The van der Waals surface area contributed by atoms with E-state index in [-0.39, 0.29) is 30.3 Å². The molecule has 0 spiro atoms. The van der Waals surface area contributed by atoms with Crippen molar-refractivity contribution in [1.82, 2.24) is 15.6 Å². The van der Waals surface area contributed by atoms with Crippen LogP contribution >= 0.6 is 23.7 Å². The van der Waals surface area contributed by atoms with E-state index < -0.39 is 0 Å². The quantitative estimate of drug-likeness (QED) is 0.600. The number of halogens is 1. The molecule has 2 heterocycles. The van der Waals surface area contributed by atoms with Crippen molar-refractivity contribution < 1.29 is 14.3 Å². The van der Waals surface area contributed by atoms with Crippen molar-refractivity contribution in [2.45, 2.75) is 31.9 Å². The third-order valence-electron chi connectivity index (χ3n) is 4.30. The number of thiazole rings is 1. The van der Waals surface area contributed by atoms with Gasteiger partial charge in [-0.05, 0) is 37.1 Å². The summed E-state index contributed by atoms with van der Waals surface area (Å²) in [5.74, 6) is -0.368. The molecule has 7 nitrogen and oxygen atoms in total. The van der Waals surface area contributed by atoms with Gasteiger partial charge < -0.3 is 21.1 Å². The normalized spacial score (nSPS) is 15.7. The third-order valence-corrected chi connectivity index (χ3v) is 5.21. The highest BCUT2D eigenvalue weighted by Gasteiger charge is 2.17. The number of rotatable bonds is 8. The zero-order valence-corrected chi connectivity index (χ0v) is 17.1. The summed E-state index contributed by atoms with van der Waals surface area (Å²) in [6.45, 7) is 2.13. The molecular weight excluding hydrogens is 400 g/mol. The van der Waals surface area contributed by atoms with Gasteiger partial charge in [-0.1, -0.05) is 12.1 Å². The first-order chi connectivity index (χ1) is 13.2. The summed E-state index contributed by atoms with van der Waals surface area (Å²) in [7, 11) is 0. The molecule has 1 unspecified atom stereocenters. The minimum Gasteiger partial charge on any atom is -0.376 e. The lowest BCUT2D eigenvalue weighted by Gasteiger charge is -2.11. The molecule has 9 heteroatoms. The smallest absolute Gasteiger partial charge is 0.271 e. The van der Waals surface area contributed by atoms with Crippen molar-refractivity contribution in [2.75, 3.05) is 19.7 Å². The van der Waals surface area contributed by atoms with Crippen LogP contribution in [0.1, 0.15) is 44.3 Å². The molecule has 152 valence electrons. The molecule has 0 aliphatic carbocycles. The Morgan fingerprint density at radius 1 is 1.29 bits per heavy atom. The molecule has 1 aromatic heterocycles. The monoisotopic (exact) mass is 424 g/mol. The van der Waals surface area contributed by atoms with Gasteiger partial charge in [0.2, 0.25) is 0 Å². The summed E-state index contributed by atoms with van der Waals surface area (Å²) in [5, 5.41) is 8.32. The highest BCUT2D eigenvalue weighted by atomic mass is 35.5. The fraction of sp³-hybridized carbons (Fsp3) is 0.421. The number of nitrogens with one attached hydrogen (secondary N) is 2. The first kappa shape index (κ1) is 22.3. The van der Waals surface area contributed by atoms with Crippen LogP contribution in [0.25, 0.3) is 0 Å². The molecule has 1 aliphatic rings. The van der Waals surface area contributed by atoms with E-state index in [0.717, 1.165) is 30.0 Å². The van der Waals surface area contributed by atoms with Crippen LogP contribution in [0.3, 0.4) is 0 Å². The second-order valence-corrected chi connectivity index (χ2v) is 7.34. The Morgan fingerprint density at radius 2 is 2.14 bits per heavy atom. The molecule has 28 heavy (non-hydrogen) atoms. The van der Waals surface area contributed by atoms with E-state index in [0.29, 0.717) is 37.3 Å². The Kier molecular flexibility index (Phi) is 8.85. The maximum absolute atomic E-state index is 12.3. The molecule has 1 aromatic carbocycles. The number of ether oxygens (including phenoxy) is 1. The number of nitrogens with two attached hydrogens (primary N) is 1. The lowest BCUT2D eigenvalue weighted by Crippen LogP contribution is -2.31.